The van der Waals surface area contributed by atoms with Crippen LogP contribution in [0.15, 0.2) is 0 Å². The summed E-state index contributed by atoms with van der Waals surface area (Å²) >= 11 is 0. The van der Waals surface area contributed by atoms with Crippen LogP contribution in [0, 0.1) is 0 Å². The molecule has 1 aliphatic rings. The van der Waals surface area contributed by atoms with E-state index in [4.69, 9.17) is 9.47 Å². The zero-order valence-electron chi connectivity index (χ0n) is 13.9. The van der Waals surface area contributed by atoms with Crippen molar-refractivity contribution in [2.45, 2.75) is 103 Å². The summed E-state index contributed by atoms with van der Waals surface area (Å²) in [7, 11) is 0. The molecule has 0 spiro atoms. The van der Waals surface area contributed by atoms with Crippen molar-refractivity contribution >= 4 is 0 Å². The van der Waals surface area contributed by atoms with Gasteiger partial charge in [-0.3, -0.25) is 0 Å². The van der Waals surface area contributed by atoms with E-state index in [1.807, 2.05) is 0 Å². The fraction of sp³-hybridized carbons (Fsp3) is 1.00. The zero-order valence-corrected chi connectivity index (χ0v) is 13.9. The Balaban J connectivity index is 2.12. The van der Waals surface area contributed by atoms with Crippen molar-refractivity contribution < 1.29 is 9.47 Å². The molecule has 1 fully saturated rings. The summed E-state index contributed by atoms with van der Waals surface area (Å²) in [5.41, 5.74) is 0. The van der Waals surface area contributed by atoms with E-state index in [0.717, 1.165) is 45.3 Å². The van der Waals surface area contributed by atoms with Crippen LogP contribution in [0.5, 0.6) is 0 Å². The summed E-state index contributed by atoms with van der Waals surface area (Å²) < 4.78 is 12.1. The van der Waals surface area contributed by atoms with E-state index in [9.17, 15) is 0 Å². The molecule has 20 heavy (non-hydrogen) atoms. The number of unbranched alkanes of at least 4 members (excludes halogenated alkanes) is 7. The highest BCUT2D eigenvalue weighted by atomic mass is 16.7. The monoisotopic (exact) mass is 284 g/mol. The van der Waals surface area contributed by atoms with E-state index in [0.29, 0.717) is 0 Å². The average Bonchev–Trinajstić information content (AvgIpc) is 2.68. The Kier molecular flexibility index (Phi) is 10.4. The molecule has 0 aromatic heterocycles. The third-order valence-corrected chi connectivity index (χ3v) is 4.31. The predicted octanol–water partition coefficient (Wildman–Crippen LogP) is 5.84. The van der Waals surface area contributed by atoms with Gasteiger partial charge >= 0.3 is 0 Å². The lowest BCUT2D eigenvalue weighted by atomic mass is 10.0. The first-order valence-electron chi connectivity index (χ1n) is 9.11. The maximum absolute atomic E-state index is 6.07. The summed E-state index contributed by atoms with van der Waals surface area (Å²) in [5, 5.41) is 0. The minimum atomic E-state index is -0.243. The highest BCUT2D eigenvalue weighted by Gasteiger charge is 2.31. The van der Waals surface area contributed by atoms with Gasteiger partial charge in [-0.2, -0.15) is 0 Å². The summed E-state index contributed by atoms with van der Waals surface area (Å²) in [6.07, 6.45) is 16.6. The lowest BCUT2D eigenvalue weighted by molar-refractivity contribution is -0.234. The Morgan fingerprint density at radius 1 is 0.650 bits per heavy atom. The smallest absolute Gasteiger partial charge is 0.168 e. The van der Waals surface area contributed by atoms with Gasteiger partial charge in [-0.1, -0.05) is 65.2 Å². The van der Waals surface area contributed by atoms with Gasteiger partial charge in [-0.05, 0) is 19.3 Å². The molecule has 0 bridgehead atoms. The van der Waals surface area contributed by atoms with Crippen molar-refractivity contribution in [2.24, 2.45) is 0 Å². The molecule has 2 nitrogen and oxygen atoms in total. The second-order valence-corrected chi connectivity index (χ2v) is 6.29. The summed E-state index contributed by atoms with van der Waals surface area (Å²) in [4.78, 5) is 0. The Morgan fingerprint density at radius 3 is 1.75 bits per heavy atom. The molecule has 1 heterocycles. The van der Waals surface area contributed by atoms with Gasteiger partial charge in [0.15, 0.2) is 5.79 Å². The first kappa shape index (κ1) is 18.0. The van der Waals surface area contributed by atoms with E-state index in [2.05, 4.69) is 13.8 Å². The molecule has 0 aromatic rings. The van der Waals surface area contributed by atoms with Crippen LogP contribution in [0.2, 0.25) is 0 Å². The van der Waals surface area contributed by atoms with Crippen molar-refractivity contribution in [3.8, 4) is 0 Å². The van der Waals surface area contributed by atoms with Crippen LogP contribution in [-0.2, 0) is 9.47 Å². The largest absolute Gasteiger partial charge is 0.350 e. The fourth-order valence-corrected chi connectivity index (χ4v) is 3.08. The number of hydrogen-bond acceptors (Lipinski definition) is 2. The fourth-order valence-electron chi connectivity index (χ4n) is 3.08. The third kappa shape index (κ3) is 7.64. The first-order valence-corrected chi connectivity index (χ1v) is 9.11. The summed E-state index contributed by atoms with van der Waals surface area (Å²) in [6, 6.07) is 0. The maximum Gasteiger partial charge on any atom is 0.168 e. The highest BCUT2D eigenvalue weighted by Crippen LogP contribution is 2.29. The van der Waals surface area contributed by atoms with E-state index < -0.39 is 0 Å². The molecule has 0 atom stereocenters. The predicted molar refractivity (Wildman–Crippen MR) is 86.0 cm³/mol. The van der Waals surface area contributed by atoms with Crippen LogP contribution in [0.4, 0.5) is 0 Å². The lowest BCUT2D eigenvalue weighted by Crippen LogP contribution is -2.35. The second-order valence-electron chi connectivity index (χ2n) is 6.29. The molecule has 1 aliphatic heterocycles. The van der Waals surface area contributed by atoms with E-state index in [1.165, 1.54) is 51.4 Å². The number of ether oxygens (including phenoxy) is 2. The van der Waals surface area contributed by atoms with Gasteiger partial charge in [-0.15, -0.1) is 0 Å². The highest BCUT2D eigenvalue weighted by molar-refractivity contribution is 4.72. The van der Waals surface area contributed by atoms with Crippen molar-refractivity contribution in [1.82, 2.24) is 0 Å². The Bertz CT molecular complexity index is 207. The van der Waals surface area contributed by atoms with Crippen LogP contribution in [-0.4, -0.2) is 19.0 Å². The minimum absolute atomic E-state index is 0.243. The quantitative estimate of drug-likeness (QED) is 0.444. The van der Waals surface area contributed by atoms with E-state index in [1.54, 1.807) is 0 Å². The Hall–Kier alpha value is -0.0800. The standard InChI is InChI=1S/C18H36O2/c1-3-5-6-7-8-9-10-11-15-18(14-4-2)19-16-12-13-17-20-18/h3-17H2,1-2H3. The number of rotatable bonds is 11. The van der Waals surface area contributed by atoms with Crippen molar-refractivity contribution in [3.63, 3.8) is 0 Å². The maximum atomic E-state index is 6.07. The summed E-state index contributed by atoms with van der Waals surface area (Å²) in [5.74, 6) is -0.243. The third-order valence-electron chi connectivity index (χ3n) is 4.31. The van der Waals surface area contributed by atoms with Gasteiger partial charge in [0, 0.05) is 12.8 Å². The zero-order chi connectivity index (χ0) is 14.5. The Morgan fingerprint density at radius 2 is 1.20 bits per heavy atom. The van der Waals surface area contributed by atoms with Gasteiger partial charge in [0.1, 0.15) is 0 Å². The first-order chi connectivity index (χ1) is 9.83. The molecule has 0 unspecified atom stereocenters. The molecule has 1 rings (SSSR count). The molecule has 0 amide bonds. The molecular weight excluding hydrogens is 248 g/mol. The molecule has 0 N–H and O–H groups in total. The van der Waals surface area contributed by atoms with Crippen LogP contribution in [0.1, 0.15) is 97.3 Å². The van der Waals surface area contributed by atoms with Crippen molar-refractivity contribution in [1.29, 1.82) is 0 Å². The average molecular weight is 284 g/mol. The van der Waals surface area contributed by atoms with Crippen LogP contribution in [0.25, 0.3) is 0 Å². The molecule has 1 saturated heterocycles. The SMILES string of the molecule is CCCCCCCCCCC1(CCC)OCCCCO1. The molecule has 0 radical (unpaired) electrons. The van der Waals surface area contributed by atoms with Gasteiger partial charge < -0.3 is 9.47 Å². The minimum Gasteiger partial charge on any atom is -0.350 e. The number of hydrogen-bond donors (Lipinski definition) is 0. The topological polar surface area (TPSA) is 18.5 Å². The molecular formula is C18H36O2. The molecule has 2 heteroatoms. The van der Waals surface area contributed by atoms with Crippen LogP contribution >= 0.6 is 0 Å². The van der Waals surface area contributed by atoms with Crippen LogP contribution < -0.4 is 0 Å². The van der Waals surface area contributed by atoms with E-state index in [-0.39, 0.29) is 5.79 Å². The second kappa shape index (κ2) is 11.6. The summed E-state index contributed by atoms with van der Waals surface area (Å²) in [6.45, 7) is 6.28. The van der Waals surface area contributed by atoms with Gasteiger partial charge in [0.25, 0.3) is 0 Å². The van der Waals surface area contributed by atoms with Crippen molar-refractivity contribution in [3.05, 3.63) is 0 Å². The van der Waals surface area contributed by atoms with Gasteiger partial charge in [0.2, 0.25) is 0 Å². The molecule has 0 aliphatic carbocycles. The van der Waals surface area contributed by atoms with Crippen molar-refractivity contribution in [2.75, 3.05) is 13.2 Å². The van der Waals surface area contributed by atoms with Gasteiger partial charge in [0.05, 0.1) is 13.2 Å². The Labute approximate surface area is 126 Å². The van der Waals surface area contributed by atoms with E-state index >= 15 is 0 Å². The lowest BCUT2D eigenvalue weighted by Gasteiger charge is -2.32. The molecule has 0 aromatic carbocycles. The normalized spacial score (nSPS) is 18.9. The molecule has 0 saturated carbocycles. The van der Waals surface area contributed by atoms with Gasteiger partial charge in [-0.25, -0.2) is 0 Å². The molecule has 120 valence electrons. The van der Waals surface area contributed by atoms with Crippen LogP contribution in [0.3, 0.4) is 0 Å².